The Labute approximate surface area is 137 Å². The summed E-state index contributed by atoms with van der Waals surface area (Å²) in [7, 11) is 0. The third-order valence-electron chi connectivity index (χ3n) is 4.77. The van der Waals surface area contributed by atoms with Crippen molar-refractivity contribution in [2.24, 2.45) is 5.41 Å². The number of aliphatic hydroxyl groups excluding tert-OH is 1. The summed E-state index contributed by atoms with van der Waals surface area (Å²) >= 11 is 0. The van der Waals surface area contributed by atoms with Crippen molar-refractivity contribution in [1.29, 1.82) is 0 Å². The zero-order valence-corrected chi connectivity index (χ0v) is 14.3. The number of carbonyl (C=O) groups is 1. The van der Waals surface area contributed by atoms with Gasteiger partial charge in [0.25, 0.3) is 0 Å². The van der Waals surface area contributed by atoms with E-state index in [1.165, 1.54) is 6.07 Å². The highest BCUT2D eigenvalue weighted by molar-refractivity contribution is 5.83. The van der Waals surface area contributed by atoms with E-state index in [9.17, 15) is 14.3 Å². The standard InChI is InChI=1S/C18H27FN2O2/c1-11-6-7-13(10-14(11)19)15(22)12(2)21-17(23)16-18(3,4)8-5-9-20-16/h6-7,10,12,15-16,20,22H,5,8-9H2,1-4H3,(H,21,23). The minimum atomic E-state index is -0.944. The van der Waals surface area contributed by atoms with Crippen molar-refractivity contribution in [2.75, 3.05) is 6.54 Å². The molecule has 3 N–H and O–H groups in total. The van der Waals surface area contributed by atoms with Gasteiger partial charge in [0, 0.05) is 0 Å². The predicted octanol–water partition coefficient (Wildman–Crippen LogP) is 2.45. The lowest BCUT2D eigenvalue weighted by atomic mass is 9.77. The van der Waals surface area contributed by atoms with Gasteiger partial charge in [-0.2, -0.15) is 0 Å². The van der Waals surface area contributed by atoms with Gasteiger partial charge in [0.15, 0.2) is 0 Å². The van der Waals surface area contributed by atoms with Gasteiger partial charge in [-0.1, -0.05) is 26.0 Å². The van der Waals surface area contributed by atoms with Gasteiger partial charge in [-0.15, -0.1) is 0 Å². The molecule has 0 spiro atoms. The van der Waals surface area contributed by atoms with Crippen molar-refractivity contribution in [3.8, 4) is 0 Å². The lowest BCUT2D eigenvalue weighted by Gasteiger charge is -2.39. The first-order valence-electron chi connectivity index (χ1n) is 8.20. The quantitative estimate of drug-likeness (QED) is 0.798. The number of hydrogen-bond acceptors (Lipinski definition) is 3. The van der Waals surface area contributed by atoms with E-state index in [1.807, 2.05) is 0 Å². The number of aliphatic hydroxyl groups is 1. The van der Waals surface area contributed by atoms with Gasteiger partial charge in [0.2, 0.25) is 5.91 Å². The number of benzene rings is 1. The highest BCUT2D eigenvalue weighted by atomic mass is 19.1. The second kappa shape index (κ2) is 6.97. The Balaban J connectivity index is 2.03. The van der Waals surface area contributed by atoms with Gasteiger partial charge in [0.1, 0.15) is 5.82 Å². The summed E-state index contributed by atoms with van der Waals surface area (Å²) in [5.74, 6) is -0.469. The van der Waals surface area contributed by atoms with Crippen LogP contribution in [-0.2, 0) is 4.79 Å². The van der Waals surface area contributed by atoms with Crippen molar-refractivity contribution in [1.82, 2.24) is 10.6 Å². The van der Waals surface area contributed by atoms with Crippen molar-refractivity contribution in [3.63, 3.8) is 0 Å². The molecule has 1 fully saturated rings. The molecule has 1 saturated heterocycles. The van der Waals surface area contributed by atoms with Crippen LogP contribution in [0.2, 0.25) is 0 Å². The molecule has 0 bridgehead atoms. The zero-order valence-electron chi connectivity index (χ0n) is 14.3. The van der Waals surface area contributed by atoms with E-state index in [0.29, 0.717) is 11.1 Å². The van der Waals surface area contributed by atoms with E-state index >= 15 is 0 Å². The number of hydrogen-bond donors (Lipinski definition) is 3. The van der Waals surface area contributed by atoms with E-state index in [2.05, 4.69) is 24.5 Å². The number of amides is 1. The van der Waals surface area contributed by atoms with Crippen LogP contribution in [0.1, 0.15) is 50.8 Å². The molecule has 3 atom stereocenters. The second-order valence-corrected chi connectivity index (χ2v) is 7.23. The van der Waals surface area contributed by atoms with Crippen molar-refractivity contribution >= 4 is 5.91 Å². The molecule has 128 valence electrons. The van der Waals surface area contributed by atoms with Gasteiger partial charge in [-0.25, -0.2) is 4.39 Å². The molecule has 1 aromatic carbocycles. The average Bonchev–Trinajstić information content (AvgIpc) is 2.48. The molecule has 3 unspecified atom stereocenters. The van der Waals surface area contributed by atoms with Crippen molar-refractivity contribution < 1.29 is 14.3 Å². The summed E-state index contributed by atoms with van der Waals surface area (Å²) in [4.78, 5) is 12.5. The van der Waals surface area contributed by atoms with Crippen LogP contribution in [0.4, 0.5) is 4.39 Å². The Hall–Kier alpha value is -1.46. The number of rotatable bonds is 4. The van der Waals surface area contributed by atoms with Crippen LogP contribution in [0, 0.1) is 18.2 Å². The Kier molecular flexibility index (Phi) is 5.42. The fourth-order valence-corrected chi connectivity index (χ4v) is 3.13. The molecule has 1 aromatic rings. The normalized spacial score (nSPS) is 23.1. The number of piperidine rings is 1. The van der Waals surface area contributed by atoms with E-state index in [-0.39, 0.29) is 23.2 Å². The highest BCUT2D eigenvalue weighted by Crippen LogP contribution is 2.30. The highest BCUT2D eigenvalue weighted by Gasteiger charge is 2.37. The molecule has 0 radical (unpaired) electrons. The second-order valence-electron chi connectivity index (χ2n) is 7.23. The van der Waals surface area contributed by atoms with E-state index < -0.39 is 12.1 Å². The van der Waals surface area contributed by atoms with E-state index in [1.54, 1.807) is 26.0 Å². The van der Waals surface area contributed by atoms with Gasteiger partial charge >= 0.3 is 0 Å². The first-order chi connectivity index (χ1) is 10.7. The smallest absolute Gasteiger partial charge is 0.237 e. The molecular formula is C18H27FN2O2. The third-order valence-corrected chi connectivity index (χ3v) is 4.77. The minimum Gasteiger partial charge on any atom is -0.386 e. The van der Waals surface area contributed by atoms with Gasteiger partial charge in [-0.3, -0.25) is 4.79 Å². The Morgan fingerprint density at radius 3 is 2.78 bits per heavy atom. The number of aryl methyl sites for hydroxylation is 1. The molecule has 4 nitrogen and oxygen atoms in total. The summed E-state index contributed by atoms with van der Waals surface area (Å²) in [5.41, 5.74) is 0.880. The van der Waals surface area contributed by atoms with Crippen LogP contribution < -0.4 is 10.6 Å². The van der Waals surface area contributed by atoms with Gasteiger partial charge in [-0.05, 0) is 55.8 Å². The van der Waals surface area contributed by atoms with E-state index in [4.69, 9.17) is 0 Å². The van der Waals surface area contributed by atoms with Crippen LogP contribution in [-0.4, -0.2) is 29.6 Å². The summed E-state index contributed by atoms with van der Waals surface area (Å²) in [6.45, 7) is 8.37. The monoisotopic (exact) mass is 322 g/mol. The van der Waals surface area contributed by atoms with Crippen LogP contribution in [0.5, 0.6) is 0 Å². The zero-order chi connectivity index (χ0) is 17.2. The van der Waals surface area contributed by atoms with Gasteiger partial charge in [0.05, 0.1) is 18.2 Å². The average molecular weight is 322 g/mol. The van der Waals surface area contributed by atoms with Crippen molar-refractivity contribution in [3.05, 3.63) is 35.1 Å². The molecule has 5 heteroatoms. The first kappa shape index (κ1) is 17.9. The molecule has 1 heterocycles. The minimum absolute atomic E-state index is 0.117. The molecular weight excluding hydrogens is 295 g/mol. The molecule has 1 amide bonds. The Bertz CT molecular complexity index is 574. The molecule has 2 rings (SSSR count). The number of halogens is 1. The SMILES string of the molecule is Cc1ccc(C(O)C(C)NC(=O)C2NCCCC2(C)C)cc1F. The predicted molar refractivity (Wildman–Crippen MR) is 88.5 cm³/mol. The molecule has 1 aliphatic heterocycles. The van der Waals surface area contributed by atoms with Gasteiger partial charge < -0.3 is 15.7 Å². The first-order valence-corrected chi connectivity index (χ1v) is 8.20. The molecule has 0 aromatic heterocycles. The largest absolute Gasteiger partial charge is 0.386 e. The fourth-order valence-electron chi connectivity index (χ4n) is 3.13. The van der Waals surface area contributed by atoms with Crippen LogP contribution in [0.15, 0.2) is 18.2 Å². The summed E-state index contributed by atoms with van der Waals surface area (Å²) in [5, 5.41) is 16.5. The molecule has 23 heavy (non-hydrogen) atoms. The lowest BCUT2D eigenvalue weighted by molar-refractivity contribution is -0.128. The number of carbonyl (C=O) groups excluding carboxylic acids is 1. The van der Waals surface area contributed by atoms with Crippen LogP contribution in [0.25, 0.3) is 0 Å². The molecule has 0 aliphatic carbocycles. The third kappa shape index (κ3) is 4.09. The maximum Gasteiger partial charge on any atom is 0.237 e. The number of nitrogens with one attached hydrogen (secondary N) is 2. The lowest BCUT2D eigenvalue weighted by Crippen LogP contribution is -2.57. The van der Waals surface area contributed by atoms with Crippen LogP contribution in [0.3, 0.4) is 0 Å². The Morgan fingerprint density at radius 2 is 2.17 bits per heavy atom. The summed E-state index contributed by atoms with van der Waals surface area (Å²) in [6, 6.07) is 3.87. The summed E-state index contributed by atoms with van der Waals surface area (Å²) in [6.07, 6.45) is 1.09. The Morgan fingerprint density at radius 1 is 1.48 bits per heavy atom. The fraction of sp³-hybridized carbons (Fsp3) is 0.611. The molecule has 0 saturated carbocycles. The maximum absolute atomic E-state index is 13.6. The maximum atomic E-state index is 13.6. The molecule has 1 aliphatic rings. The topological polar surface area (TPSA) is 61.4 Å². The van der Waals surface area contributed by atoms with E-state index in [0.717, 1.165) is 19.4 Å². The van der Waals surface area contributed by atoms with Crippen LogP contribution >= 0.6 is 0 Å². The van der Waals surface area contributed by atoms with Crippen molar-refractivity contribution in [2.45, 2.75) is 58.7 Å². The summed E-state index contributed by atoms with van der Waals surface area (Å²) < 4.78 is 13.6.